The van der Waals surface area contributed by atoms with Crippen LogP contribution in [-0.2, 0) is 18.5 Å². The standard InChI is InChI=1S/C21H30N4.ClH/c1-3-25-17-22-14-20(25)15-23-10-12-24(13-11-23)16-21(8-9-21)19-6-4-18(2)5-7-19;/h4-7,14,17H,3,8-13,15-16H2,1-2H3;1H. The van der Waals surface area contributed by atoms with Gasteiger partial charge < -0.3 is 4.57 Å². The van der Waals surface area contributed by atoms with Gasteiger partial charge in [0.25, 0.3) is 0 Å². The lowest BCUT2D eigenvalue weighted by Gasteiger charge is -2.36. The van der Waals surface area contributed by atoms with Crippen LogP contribution in [0.25, 0.3) is 0 Å². The summed E-state index contributed by atoms with van der Waals surface area (Å²) in [5.74, 6) is 0. The zero-order valence-corrected chi connectivity index (χ0v) is 16.8. The number of piperazine rings is 1. The lowest BCUT2D eigenvalue weighted by atomic mass is 9.94. The van der Waals surface area contributed by atoms with Crippen LogP contribution in [0.15, 0.2) is 36.8 Å². The molecule has 142 valence electrons. The fraction of sp³-hybridized carbons (Fsp3) is 0.571. The quantitative estimate of drug-likeness (QED) is 0.773. The highest BCUT2D eigenvalue weighted by molar-refractivity contribution is 5.85. The van der Waals surface area contributed by atoms with Crippen molar-refractivity contribution in [3.05, 3.63) is 53.6 Å². The minimum absolute atomic E-state index is 0. The maximum Gasteiger partial charge on any atom is 0.0948 e. The summed E-state index contributed by atoms with van der Waals surface area (Å²) in [6, 6.07) is 9.24. The van der Waals surface area contributed by atoms with Gasteiger partial charge in [-0.25, -0.2) is 4.98 Å². The number of rotatable bonds is 6. The third-order valence-corrected chi connectivity index (χ3v) is 6.03. The van der Waals surface area contributed by atoms with Gasteiger partial charge in [0.15, 0.2) is 0 Å². The summed E-state index contributed by atoms with van der Waals surface area (Å²) in [5, 5.41) is 0. The van der Waals surface area contributed by atoms with Gasteiger partial charge in [0.1, 0.15) is 0 Å². The van der Waals surface area contributed by atoms with Gasteiger partial charge >= 0.3 is 0 Å². The molecule has 1 saturated carbocycles. The number of hydrogen-bond acceptors (Lipinski definition) is 3. The van der Waals surface area contributed by atoms with E-state index in [1.54, 1.807) is 5.56 Å². The Hall–Kier alpha value is -1.36. The van der Waals surface area contributed by atoms with Crippen LogP contribution in [0.5, 0.6) is 0 Å². The molecule has 26 heavy (non-hydrogen) atoms. The van der Waals surface area contributed by atoms with E-state index in [9.17, 15) is 0 Å². The second kappa shape index (κ2) is 8.12. The minimum atomic E-state index is 0. The highest BCUT2D eigenvalue weighted by Crippen LogP contribution is 2.48. The smallest absolute Gasteiger partial charge is 0.0948 e. The molecule has 1 saturated heterocycles. The topological polar surface area (TPSA) is 24.3 Å². The van der Waals surface area contributed by atoms with Gasteiger partial charge in [0.05, 0.1) is 12.0 Å². The molecule has 1 aromatic heterocycles. The summed E-state index contributed by atoms with van der Waals surface area (Å²) in [6.07, 6.45) is 6.67. The van der Waals surface area contributed by atoms with Crippen LogP contribution in [0.2, 0.25) is 0 Å². The molecule has 1 aliphatic heterocycles. The summed E-state index contributed by atoms with van der Waals surface area (Å²) >= 11 is 0. The Morgan fingerprint density at radius 3 is 2.27 bits per heavy atom. The van der Waals surface area contributed by atoms with E-state index in [0.29, 0.717) is 5.41 Å². The Morgan fingerprint density at radius 2 is 1.65 bits per heavy atom. The van der Waals surface area contributed by atoms with Crippen molar-refractivity contribution in [2.75, 3.05) is 32.7 Å². The van der Waals surface area contributed by atoms with Crippen LogP contribution in [0.4, 0.5) is 0 Å². The molecular formula is C21H31ClN4. The largest absolute Gasteiger partial charge is 0.334 e. The molecule has 1 aromatic carbocycles. The zero-order valence-electron chi connectivity index (χ0n) is 16.0. The van der Waals surface area contributed by atoms with E-state index in [-0.39, 0.29) is 12.4 Å². The van der Waals surface area contributed by atoms with E-state index < -0.39 is 0 Å². The molecule has 2 aliphatic rings. The van der Waals surface area contributed by atoms with Crippen molar-refractivity contribution in [3.8, 4) is 0 Å². The second-order valence-electron chi connectivity index (χ2n) is 7.87. The van der Waals surface area contributed by atoms with Crippen LogP contribution >= 0.6 is 12.4 Å². The van der Waals surface area contributed by atoms with Gasteiger partial charge in [-0.1, -0.05) is 29.8 Å². The summed E-state index contributed by atoms with van der Waals surface area (Å²) in [4.78, 5) is 9.55. The fourth-order valence-corrected chi connectivity index (χ4v) is 4.12. The van der Waals surface area contributed by atoms with Crippen molar-refractivity contribution in [3.63, 3.8) is 0 Å². The first-order chi connectivity index (χ1) is 12.2. The molecule has 2 heterocycles. The molecule has 1 aliphatic carbocycles. The van der Waals surface area contributed by atoms with Gasteiger partial charge in [-0.05, 0) is 32.3 Å². The summed E-state index contributed by atoms with van der Waals surface area (Å²) in [5.41, 5.74) is 4.69. The Morgan fingerprint density at radius 1 is 1.00 bits per heavy atom. The molecule has 4 nitrogen and oxygen atoms in total. The van der Waals surface area contributed by atoms with E-state index in [1.807, 2.05) is 12.5 Å². The van der Waals surface area contributed by atoms with Crippen LogP contribution < -0.4 is 0 Å². The van der Waals surface area contributed by atoms with Crippen molar-refractivity contribution in [2.24, 2.45) is 0 Å². The molecule has 0 spiro atoms. The molecule has 0 atom stereocenters. The molecule has 0 N–H and O–H groups in total. The average molecular weight is 375 g/mol. The van der Waals surface area contributed by atoms with Crippen molar-refractivity contribution >= 4 is 12.4 Å². The van der Waals surface area contributed by atoms with Crippen molar-refractivity contribution < 1.29 is 0 Å². The minimum Gasteiger partial charge on any atom is -0.334 e. The number of aryl methyl sites for hydroxylation is 2. The first-order valence-electron chi connectivity index (χ1n) is 9.69. The van der Waals surface area contributed by atoms with E-state index >= 15 is 0 Å². The van der Waals surface area contributed by atoms with Crippen molar-refractivity contribution in [1.29, 1.82) is 0 Å². The van der Waals surface area contributed by atoms with Crippen molar-refractivity contribution in [2.45, 2.75) is 45.2 Å². The Kier molecular flexibility index (Phi) is 6.06. The normalized spacial score (nSPS) is 19.9. The summed E-state index contributed by atoms with van der Waals surface area (Å²) in [7, 11) is 0. The first kappa shape index (κ1) is 19.4. The van der Waals surface area contributed by atoms with E-state index in [4.69, 9.17) is 0 Å². The summed E-state index contributed by atoms with van der Waals surface area (Å²) < 4.78 is 2.25. The lowest BCUT2D eigenvalue weighted by Crippen LogP contribution is -2.48. The zero-order chi connectivity index (χ0) is 17.3. The summed E-state index contributed by atoms with van der Waals surface area (Å²) in [6.45, 7) is 12.3. The predicted molar refractivity (Wildman–Crippen MR) is 109 cm³/mol. The van der Waals surface area contributed by atoms with Gasteiger partial charge in [-0.15, -0.1) is 12.4 Å². The molecule has 0 unspecified atom stereocenters. The molecule has 0 bridgehead atoms. The fourth-order valence-electron chi connectivity index (χ4n) is 4.12. The Labute approximate surface area is 163 Å². The van der Waals surface area contributed by atoms with E-state index in [2.05, 4.69) is 57.5 Å². The monoisotopic (exact) mass is 374 g/mol. The van der Waals surface area contributed by atoms with Crippen LogP contribution in [0, 0.1) is 6.92 Å². The number of benzene rings is 1. The molecule has 2 aromatic rings. The molecular weight excluding hydrogens is 344 g/mol. The second-order valence-corrected chi connectivity index (χ2v) is 7.87. The Bertz CT molecular complexity index is 697. The number of imidazole rings is 1. The molecule has 0 amide bonds. The molecule has 5 heteroatoms. The number of hydrogen-bond donors (Lipinski definition) is 0. The average Bonchev–Trinajstić information content (AvgIpc) is 3.27. The van der Waals surface area contributed by atoms with Gasteiger partial charge in [-0.2, -0.15) is 0 Å². The van der Waals surface area contributed by atoms with Gasteiger partial charge in [0.2, 0.25) is 0 Å². The number of halogens is 1. The van der Waals surface area contributed by atoms with Crippen molar-refractivity contribution in [1.82, 2.24) is 19.4 Å². The first-order valence-corrected chi connectivity index (χ1v) is 9.69. The van der Waals surface area contributed by atoms with Gasteiger partial charge in [0, 0.05) is 57.4 Å². The molecule has 4 rings (SSSR count). The van der Waals surface area contributed by atoms with Crippen LogP contribution in [0.1, 0.15) is 36.6 Å². The maximum atomic E-state index is 4.30. The third kappa shape index (κ3) is 4.13. The van der Waals surface area contributed by atoms with Crippen LogP contribution in [-0.4, -0.2) is 52.1 Å². The predicted octanol–water partition coefficient (Wildman–Crippen LogP) is 3.48. The SMILES string of the molecule is CCn1cncc1CN1CCN(CC2(c3ccc(C)cc3)CC2)CC1.Cl. The number of nitrogens with zero attached hydrogens (tertiary/aromatic N) is 4. The third-order valence-electron chi connectivity index (χ3n) is 6.03. The van der Waals surface area contributed by atoms with E-state index in [1.165, 1.54) is 56.8 Å². The van der Waals surface area contributed by atoms with Gasteiger partial charge in [-0.3, -0.25) is 9.80 Å². The molecule has 2 fully saturated rings. The highest BCUT2D eigenvalue weighted by atomic mass is 35.5. The highest BCUT2D eigenvalue weighted by Gasteiger charge is 2.45. The number of aromatic nitrogens is 2. The maximum absolute atomic E-state index is 4.30. The van der Waals surface area contributed by atoms with Crippen LogP contribution in [0.3, 0.4) is 0 Å². The lowest BCUT2D eigenvalue weighted by molar-refractivity contribution is 0.117. The Balaban J connectivity index is 0.00000196. The van der Waals surface area contributed by atoms with E-state index in [0.717, 1.165) is 13.1 Å². The molecule has 0 radical (unpaired) electrons.